The number of benzene rings is 4. The zero-order chi connectivity index (χ0) is 27.9. The predicted molar refractivity (Wildman–Crippen MR) is 170 cm³/mol. The summed E-state index contributed by atoms with van der Waals surface area (Å²) in [5, 5.41) is 7.74. The summed E-state index contributed by atoms with van der Waals surface area (Å²) in [6.45, 7) is 9.08. The Morgan fingerprint density at radius 2 is 1.02 bits per heavy atom. The molecule has 0 saturated heterocycles. The molecule has 0 aliphatic rings. The fourth-order valence-corrected chi connectivity index (χ4v) is 5.17. The average Bonchev–Trinajstić information content (AvgIpc) is 3.00. The number of hydrogen-bond acceptors (Lipinski definition) is 3. The van der Waals surface area contributed by atoms with Gasteiger partial charge in [0.15, 0.2) is 0 Å². The van der Waals surface area contributed by atoms with Crippen LogP contribution in [0.15, 0.2) is 128 Å². The number of nitrogens with one attached hydrogen (secondary N) is 2. The molecule has 3 heteroatoms. The van der Waals surface area contributed by atoms with Crippen molar-refractivity contribution in [1.82, 2.24) is 4.98 Å². The maximum Gasteiger partial charge on any atom is 0.126 e. The Balaban J connectivity index is 1.62. The fourth-order valence-electron chi connectivity index (χ4n) is 5.17. The quantitative estimate of drug-likeness (QED) is 0.190. The van der Waals surface area contributed by atoms with Crippen LogP contribution in [0.25, 0.3) is 11.1 Å². The van der Waals surface area contributed by atoms with Gasteiger partial charge in [0.2, 0.25) is 0 Å². The Kier molecular flexibility index (Phi) is 8.61. The van der Waals surface area contributed by atoms with Gasteiger partial charge in [-0.15, -0.1) is 0 Å². The molecule has 0 aliphatic carbocycles. The first-order chi connectivity index (χ1) is 19.5. The Bertz CT molecular complexity index is 1470. The van der Waals surface area contributed by atoms with Crippen molar-refractivity contribution < 1.29 is 0 Å². The van der Waals surface area contributed by atoms with Crippen molar-refractivity contribution in [3.63, 3.8) is 0 Å². The predicted octanol–water partition coefficient (Wildman–Crippen LogP) is 10.0. The third-order valence-corrected chi connectivity index (χ3v) is 7.48. The second kappa shape index (κ2) is 12.7. The first-order valence-corrected chi connectivity index (χ1v) is 14.3. The Morgan fingerprint density at radius 1 is 0.500 bits per heavy atom. The van der Waals surface area contributed by atoms with Crippen LogP contribution < -0.4 is 10.6 Å². The summed E-state index contributed by atoms with van der Waals surface area (Å²) in [6, 6.07) is 43.0. The highest BCUT2D eigenvalue weighted by Gasteiger charge is 2.26. The Labute approximate surface area is 239 Å². The minimum absolute atomic E-state index is 0.0652. The van der Waals surface area contributed by atoms with Crippen molar-refractivity contribution in [2.45, 2.75) is 51.6 Å². The SMILES string of the molecule is CC(C)c1cc(-c2ccccc2N[C@@H](c2ccccc2)[C@@H](Nc2ccccn2)c2ccccc2)cc(C(C)C)c1. The van der Waals surface area contributed by atoms with Gasteiger partial charge < -0.3 is 10.6 Å². The van der Waals surface area contributed by atoms with Crippen LogP contribution >= 0.6 is 0 Å². The van der Waals surface area contributed by atoms with Gasteiger partial charge in [-0.05, 0) is 57.9 Å². The van der Waals surface area contributed by atoms with Crippen molar-refractivity contribution in [1.29, 1.82) is 0 Å². The molecule has 0 unspecified atom stereocenters. The van der Waals surface area contributed by atoms with Crippen molar-refractivity contribution >= 4 is 11.5 Å². The van der Waals surface area contributed by atoms with Crippen LogP contribution in [-0.4, -0.2) is 4.98 Å². The number of pyridine rings is 1. The third kappa shape index (κ3) is 6.43. The standard InChI is InChI=1S/C37H39N3/c1-26(2)30-23-31(27(3)4)25-32(24-30)33-19-11-12-20-34(33)39-36(28-15-7-5-8-16-28)37(29-17-9-6-10-18-29)40-35-21-13-14-22-38-35/h5-27,36-37,39H,1-4H3,(H,38,40)/t36-,37-/m0/s1. The number of hydrogen-bond donors (Lipinski definition) is 2. The first kappa shape index (κ1) is 27.2. The summed E-state index contributed by atoms with van der Waals surface area (Å²) in [4.78, 5) is 4.61. The summed E-state index contributed by atoms with van der Waals surface area (Å²) in [5.74, 6) is 1.76. The molecule has 4 aromatic carbocycles. The van der Waals surface area contributed by atoms with Crippen LogP contribution in [0.1, 0.15) is 73.9 Å². The normalized spacial score (nSPS) is 12.8. The van der Waals surface area contributed by atoms with Crippen molar-refractivity contribution in [3.05, 3.63) is 150 Å². The largest absolute Gasteiger partial charge is 0.375 e. The number of aromatic nitrogens is 1. The molecule has 5 rings (SSSR count). The van der Waals surface area contributed by atoms with E-state index in [1.165, 1.54) is 33.4 Å². The summed E-state index contributed by atoms with van der Waals surface area (Å²) < 4.78 is 0. The smallest absolute Gasteiger partial charge is 0.126 e. The molecule has 1 heterocycles. The molecule has 5 aromatic rings. The lowest BCUT2D eigenvalue weighted by atomic mass is 9.89. The van der Waals surface area contributed by atoms with E-state index >= 15 is 0 Å². The summed E-state index contributed by atoms with van der Waals surface area (Å²) >= 11 is 0. The van der Waals surface area contributed by atoms with E-state index in [4.69, 9.17) is 0 Å². The van der Waals surface area contributed by atoms with Crippen molar-refractivity contribution in [2.75, 3.05) is 10.6 Å². The highest BCUT2D eigenvalue weighted by atomic mass is 15.1. The molecular formula is C37H39N3. The van der Waals surface area contributed by atoms with Gasteiger partial charge in [-0.3, -0.25) is 0 Å². The molecule has 2 atom stereocenters. The van der Waals surface area contributed by atoms with E-state index in [-0.39, 0.29) is 12.1 Å². The number of nitrogens with zero attached hydrogens (tertiary/aromatic N) is 1. The topological polar surface area (TPSA) is 37.0 Å². The van der Waals surface area contributed by atoms with Crippen LogP contribution in [0.3, 0.4) is 0 Å². The molecule has 0 spiro atoms. The Hall–Kier alpha value is -4.37. The van der Waals surface area contributed by atoms with Crippen LogP contribution in [0, 0.1) is 0 Å². The molecule has 3 nitrogen and oxygen atoms in total. The first-order valence-electron chi connectivity index (χ1n) is 14.3. The fraction of sp³-hybridized carbons (Fsp3) is 0.216. The monoisotopic (exact) mass is 525 g/mol. The highest BCUT2D eigenvalue weighted by molar-refractivity contribution is 5.79. The lowest BCUT2D eigenvalue weighted by molar-refractivity contribution is 0.647. The average molecular weight is 526 g/mol. The summed E-state index contributed by atoms with van der Waals surface area (Å²) in [6.07, 6.45) is 1.83. The molecule has 2 N–H and O–H groups in total. The van der Waals surface area contributed by atoms with Crippen LogP contribution in [0.5, 0.6) is 0 Å². The van der Waals surface area contributed by atoms with Gasteiger partial charge in [-0.2, -0.15) is 0 Å². The molecule has 0 amide bonds. The van der Waals surface area contributed by atoms with Gasteiger partial charge in [0, 0.05) is 17.4 Å². The molecule has 0 aliphatic heterocycles. The van der Waals surface area contributed by atoms with E-state index in [1.54, 1.807) is 0 Å². The molecule has 0 bridgehead atoms. The zero-order valence-corrected chi connectivity index (χ0v) is 23.9. The van der Waals surface area contributed by atoms with E-state index in [2.05, 4.69) is 146 Å². The molecule has 1 aromatic heterocycles. The van der Waals surface area contributed by atoms with Gasteiger partial charge >= 0.3 is 0 Å². The maximum atomic E-state index is 4.61. The van der Waals surface area contributed by atoms with Crippen molar-refractivity contribution in [3.8, 4) is 11.1 Å². The molecule has 202 valence electrons. The van der Waals surface area contributed by atoms with Gasteiger partial charge in [-0.25, -0.2) is 4.98 Å². The highest BCUT2D eigenvalue weighted by Crippen LogP contribution is 2.39. The van der Waals surface area contributed by atoms with E-state index in [9.17, 15) is 0 Å². The lowest BCUT2D eigenvalue weighted by Gasteiger charge is -2.32. The van der Waals surface area contributed by atoms with Gasteiger partial charge in [-0.1, -0.05) is 131 Å². The van der Waals surface area contributed by atoms with E-state index in [0.29, 0.717) is 11.8 Å². The molecule has 0 saturated carbocycles. The number of rotatable bonds is 10. The van der Waals surface area contributed by atoms with Gasteiger partial charge in [0.05, 0.1) is 12.1 Å². The van der Waals surface area contributed by atoms with Crippen LogP contribution in [0.4, 0.5) is 11.5 Å². The third-order valence-electron chi connectivity index (χ3n) is 7.48. The minimum Gasteiger partial charge on any atom is -0.375 e. The zero-order valence-electron chi connectivity index (χ0n) is 23.9. The van der Waals surface area contributed by atoms with E-state index in [1.807, 2.05) is 24.4 Å². The maximum absolute atomic E-state index is 4.61. The molecular weight excluding hydrogens is 486 g/mol. The van der Waals surface area contributed by atoms with Crippen LogP contribution in [-0.2, 0) is 0 Å². The second-order valence-corrected chi connectivity index (χ2v) is 11.0. The lowest BCUT2D eigenvalue weighted by Crippen LogP contribution is -2.26. The number of para-hydroxylation sites is 1. The summed E-state index contributed by atoms with van der Waals surface area (Å²) in [7, 11) is 0. The second-order valence-electron chi connectivity index (χ2n) is 11.0. The van der Waals surface area contributed by atoms with E-state index < -0.39 is 0 Å². The molecule has 40 heavy (non-hydrogen) atoms. The van der Waals surface area contributed by atoms with E-state index in [0.717, 1.165) is 11.5 Å². The Morgan fingerprint density at radius 3 is 1.57 bits per heavy atom. The molecule has 0 fully saturated rings. The summed E-state index contributed by atoms with van der Waals surface area (Å²) in [5.41, 5.74) is 8.69. The molecule has 0 radical (unpaired) electrons. The van der Waals surface area contributed by atoms with Gasteiger partial charge in [0.25, 0.3) is 0 Å². The van der Waals surface area contributed by atoms with Crippen molar-refractivity contribution in [2.24, 2.45) is 0 Å². The van der Waals surface area contributed by atoms with Gasteiger partial charge in [0.1, 0.15) is 5.82 Å². The minimum atomic E-state index is -0.0696. The number of anilines is 2. The van der Waals surface area contributed by atoms with Crippen LogP contribution in [0.2, 0.25) is 0 Å².